The van der Waals surface area contributed by atoms with E-state index in [9.17, 15) is 0 Å². The van der Waals surface area contributed by atoms with Crippen LogP contribution in [0.2, 0.25) is 0 Å². The maximum Gasteiger partial charge on any atom is 0.119 e. The van der Waals surface area contributed by atoms with Gasteiger partial charge < -0.3 is 30.6 Å². The zero-order valence-electron chi connectivity index (χ0n) is 32.7. The van der Waals surface area contributed by atoms with Gasteiger partial charge in [-0.05, 0) is 107 Å². The highest BCUT2D eigenvalue weighted by atomic mass is 16.3. The van der Waals surface area contributed by atoms with Crippen LogP contribution in [0.5, 0.6) is 34.5 Å². The van der Waals surface area contributed by atoms with Gasteiger partial charge in [-0.2, -0.15) is 0 Å². The van der Waals surface area contributed by atoms with Crippen LogP contribution in [0.3, 0.4) is 0 Å². The molecule has 0 saturated carbocycles. The van der Waals surface area contributed by atoms with Gasteiger partial charge in [0.05, 0.1) is 0 Å². The van der Waals surface area contributed by atoms with Crippen LogP contribution in [0.15, 0.2) is 170 Å². The van der Waals surface area contributed by atoms with Gasteiger partial charge in [-0.15, -0.1) is 0 Å². The first kappa shape index (κ1) is 43.7. The van der Waals surface area contributed by atoms with Crippen LogP contribution < -0.4 is 0 Å². The molecule has 0 heterocycles. The Morgan fingerprint density at radius 2 is 0.411 bits per heavy atom. The maximum absolute atomic E-state index is 8.65. The summed E-state index contributed by atoms with van der Waals surface area (Å²) < 4.78 is 0. The van der Waals surface area contributed by atoms with E-state index in [0.717, 1.165) is 25.7 Å². The molecule has 7 rings (SSSR count). The van der Waals surface area contributed by atoms with Crippen molar-refractivity contribution >= 4 is 0 Å². The molecule has 0 aliphatic carbocycles. The Hall–Kier alpha value is -6.66. The minimum absolute atomic E-state index is 0.0880. The molecular formula is C50H54O6. The van der Waals surface area contributed by atoms with Gasteiger partial charge in [0.15, 0.2) is 0 Å². The fraction of sp³-hybridized carbons (Fsp3) is 0.160. The molecule has 6 N–H and O–H groups in total. The van der Waals surface area contributed by atoms with Gasteiger partial charge in [-0.1, -0.05) is 143 Å². The fourth-order valence-electron chi connectivity index (χ4n) is 5.21. The smallest absolute Gasteiger partial charge is 0.119 e. The summed E-state index contributed by atoms with van der Waals surface area (Å²) >= 11 is 0. The highest BCUT2D eigenvalue weighted by Gasteiger charge is 1.99. The number of hydrogen-bond donors (Lipinski definition) is 6. The van der Waals surface area contributed by atoms with Gasteiger partial charge in [-0.3, -0.25) is 0 Å². The summed E-state index contributed by atoms with van der Waals surface area (Å²) in [4.78, 5) is 0. The molecule has 0 saturated heterocycles. The average Bonchev–Trinajstić information content (AvgIpc) is 3.22. The van der Waals surface area contributed by atoms with Gasteiger partial charge in [0, 0.05) is 18.2 Å². The van der Waals surface area contributed by atoms with Gasteiger partial charge in [0.2, 0.25) is 0 Å². The van der Waals surface area contributed by atoms with Crippen molar-refractivity contribution in [3.8, 4) is 56.8 Å². The molecule has 0 unspecified atom stereocenters. The third-order valence-electron chi connectivity index (χ3n) is 8.60. The molecule has 6 nitrogen and oxygen atoms in total. The molecule has 0 atom stereocenters. The SMILES string of the molecule is CCc1ccc(-c2ccc(CC)cc2)cc1.CCc1ccc(-c2ccc(CC)cc2)cc1.Oc1cccc(O)c1.Oc1cccc(O)c1.Oc1cccc(O)c1. The molecular weight excluding hydrogens is 697 g/mol. The van der Waals surface area contributed by atoms with Crippen LogP contribution in [0, 0.1) is 0 Å². The maximum atomic E-state index is 8.65. The van der Waals surface area contributed by atoms with E-state index >= 15 is 0 Å². The van der Waals surface area contributed by atoms with E-state index in [2.05, 4.69) is 125 Å². The molecule has 7 aromatic rings. The lowest BCUT2D eigenvalue weighted by atomic mass is 10.0. The zero-order chi connectivity index (χ0) is 40.7. The van der Waals surface area contributed by atoms with Gasteiger partial charge >= 0.3 is 0 Å². The second kappa shape index (κ2) is 23.9. The normalized spacial score (nSPS) is 9.79. The van der Waals surface area contributed by atoms with Crippen LogP contribution in [-0.2, 0) is 25.7 Å². The number of phenolic OH excluding ortho intramolecular Hbond substituents is 6. The summed E-state index contributed by atoms with van der Waals surface area (Å²) in [5.41, 5.74) is 10.8. The molecule has 6 heteroatoms. The van der Waals surface area contributed by atoms with Crippen LogP contribution in [0.25, 0.3) is 22.3 Å². The molecule has 0 spiro atoms. The number of rotatable bonds is 6. The van der Waals surface area contributed by atoms with E-state index in [1.807, 2.05) is 0 Å². The van der Waals surface area contributed by atoms with Gasteiger partial charge in [0.25, 0.3) is 0 Å². The average molecular weight is 751 g/mol. The van der Waals surface area contributed by atoms with Crippen LogP contribution in [0.1, 0.15) is 49.9 Å². The zero-order valence-corrected chi connectivity index (χ0v) is 32.7. The Labute approximate surface area is 331 Å². The first-order valence-electron chi connectivity index (χ1n) is 18.8. The summed E-state index contributed by atoms with van der Waals surface area (Å²) in [6.07, 6.45) is 4.42. The van der Waals surface area contributed by atoms with E-state index in [0.29, 0.717) is 0 Å². The second-order valence-electron chi connectivity index (χ2n) is 12.8. The molecule has 0 aromatic heterocycles. The molecule has 0 bridgehead atoms. The van der Waals surface area contributed by atoms with Crippen molar-refractivity contribution in [1.29, 1.82) is 0 Å². The van der Waals surface area contributed by atoms with Crippen molar-refractivity contribution in [3.63, 3.8) is 0 Å². The third-order valence-corrected chi connectivity index (χ3v) is 8.60. The molecule has 0 aliphatic heterocycles. The molecule has 56 heavy (non-hydrogen) atoms. The lowest BCUT2D eigenvalue weighted by Gasteiger charge is -2.04. The summed E-state index contributed by atoms with van der Waals surface area (Å²) in [6, 6.07) is 52.9. The molecule has 0 amide bonds. The third kappa shape index (κ3) is 16.1. The predicted octanol–water partition coefficient (Wildman–Crippen LogP) is 12.3. The van der Waals surface area contributed by atoms with Crippen LogP contribution in [-0.4, -0.2) is 30.6 Å². The second-order valence-corrected chi connectivity index (χ2v) is 12.8. The first-order chi connectivity index (χ1) is 27.0. The highest BCUT2D eigenvalue weighted by Crippen LogP contribution is 2.22. The molecule has 290 valence electrons. The molecule has 0 radical (unpaired) electrons. The number of phenols is 6. The number of benzene rings is 7. The molecule has 0 fully saturated rings. The van der Waals surface area contributed by atoms with Crippen LogP contribution >= 0.6 is 0 Å². The Morgan fingerprint density at radius 3 is 0.518 bits per heavy atom. The fourth-order valence-corrected chi connectivity index (χ4v) is 5.21. The van der Waals surface area contributed by atoms with E-state index in [1.165, 1.54) is 99.1 Å². The molecule has 0 aliphatic rings. The summed E-state index contributed by atoms with van der Waals surface area (Å²) in [6.45, 7) is 8.74. The lowest BCUT2D eigenvalue weighted by Crippen LogP contribution is -1.83. The van der Waals surface area contributed by atoms with Crippen molar-refractivity contribution in [3.05, 3.63) is 192 Å². The molecule has 7 aromatic carbocycles. The van der Waals surface area contributed by atoms with Gasteiger partial charge in [-0.25, -0.2) is 0 Å². The van der Waals surface area contributed by atoms with Crippen molar-refractivity contribution in [2.24, 2.45) is 0 Å². The van der Waals surface area contributed by atoms with Crippen molar-refractivity contribution in [2.45, 2.75) is 53.4 Å². The van der Waals surface area contributed by atoms with E-state index < -0.39 is 0 Å². The monoisotopic (exact) mass is 750 g/mol. The number of aryl methyl sites for hydroxylation is 4. The minimum atomic E-state index is 0.0880. The number of aromatic hydroxyl groups is 6. The van der Waals surface area contributed by atoms with E-state index in [4.69, 9.17) is 30.6 Å². The first-order valence-corrected chi connectivity index (χ1v) is 18.8. The summed E-state index contributed by atoms with van der Waals surface area (Å²) in [5, 5.41) is 51.9. The Bertz CT molecular complexity index is 1790. The Morgan fingerprint density at radius 1 is 0.250 bits per heavy atom. The van der Waals surface area contributed by atoms with E-state index in [1.54, 1.807) is 18.2 Å². The highest BCUT2D eigenvalue weighted by molar-refractivity contribution is 5.65. The summed E-state index contributed by atoms with van der Waals surface area (Å²) in [5.74, 6) is 0.528. The quantitative estimate of drug-likeness (QED) is 0.101. The lowest BCUT2D eigenvalue weighted by molar-refractivity contribution is 0.449. The Balaban J connectivity index is 0.000000196. The Kier molecular flexibility index (Phi) is 18.7. The van der Waals surface area contributed by atoms with Crippen molar-refractivity contribution < 1.29 is 30.6 Å². The minimum Gasteiger partial charge on any atom is -0.508 e. The van der Waals surface area contributed by atoms with Crippen molar-refractivity contribution in [1.82, 2.24) is 0 Å². The predicted molar refractivity (Wildman–Crippen MR) is 231 cm³/mol. The topological polar surface area (TPSA) is 121 Å². The largest absolute Gasteiger partial charge is 0.508 e. The number of hydrogen-bond acceptors (Lipinski definition) is 6. The van der Waals surface area contributed by atoms with Crippen LogP contribution in [0.4, 0.5) is 0 Å². The standard InChI is InChI=1S/2C16H18.3C6H6O2/c2*1-3-13-5-9-15(10-6-13)16-11-7-14(4-2)8-12-16;3*7-5-2-1-3-6(8)4-5/h2*5-12H,3-4H2,1-2H3;3*1-4,7-8H. The van der Waals surface area contributed by atoms with Crippen molar-refractivity contribution in [2.75, 3.05) is 0 Å². The van der Waals surface area contributed by atoms with E-state index in [-0.39, 0.29) is 34.5 Å². The summed E-state index contributed by atoms with van der Waals surface area (Å²) in [7, 11) is 0. The van der Waals surface area contributed by atoms with Gasteiger partial charge in [0.1, 0.15) is 34.5 Å².